The number of rotatable bonds is 10. The maximum absolute atomic E-state index is 16.8. The van der Waals surface area contributed by atoms with Crippen molar-refractivity contribution in [3.05, 3.63) is 47.8 Å². The van der Waals surface area contributed by atoms with Gasteiger partial charge in [-0.2, -0.15) is 0 Å². The van der Waals surface area contributed by atoms with Gasteiger partial charge in [-0.25, -0.2) is 9.82 Å². The summed E-state index contributed by atoms with van der Waals surface area (Å²) in [7, 11) is 6.82. The fourth-order valence-electron chi connectivity index (χ4n) is 10.6. The Bertz CT molecular complexity index is 2590. The zero-order valence-corrected chi connectivity index (χ0v) is 45.1. The van der Waals surface area contributed by atoms with Crippen LogP contribution in [-0.2, 0) is 51.1 Å². The molecule has 4 aliphatic heterocycles. The van der Waals surface area contributed by atoms with Gasteiger partial charge in [0, 0.05) is 106 Å². The summed E-state index contributed by atoms with van der Waals surface area (Å²) < 4.78 is 37.5. The molecule has 3 saturated heterocycles. The number of methoxy groups -OCH3 is 1. The number of pyridine rings is 1. The van der Waals surface area contributed by atoms with Crippen LogP contribution >= 0.6 is 0 Å². The Morgan fingerprint density at radius 2 is 1.79 bits per heavy atom. The second-order valence-electron chi connectivity index (χ2n) is 22.2. The minimum atomic E-state index is -2.34. The molecule has 17 nitrogen and oxygen atoms in total. The molecule has 7 rings (SSSR count). The van der Waals surface area contributed by atoms with Crippen LogP contribution in [0, 0.1) is 23.2 Å². The molecule has 0 spiro atoms. The summed E-state index contributed by atoms with van der Waals surface area (Å²) in [5.74, 6) is 2.27. The van der Waals surface area contributed by atoms with Crippen LogP contribution in [-0.4, -0.2) is 168 Å². The number of cyclic esters (lactones) is 1. The third-order valence-electron chi connectivity index (χ3n) is 15.4. The van der Waals surface area contributed by atoms with Gasteiger partial charge in [0.25, 0.3) is 17.7 Å². The number of likely N-dealkylation sites (N-methyl/N-ethyl adjacent to an activating group) is 1. The number of piperidine rings is 1. The highest BCUT2D eigenvalue weighted by Crippen LogP contribution is 2.42. The zero-order valence-electron chi connectivity index (χ0n) is 45.1. The van der Waals surface area contributed by atoms with Gasteiger partial charge >= 0.3 is 5.97 Å². The number of ether oxygens (including phenoxy) is 3. The average molecular weight is 1010 g/mol. The van der Waals surface area contributed by atoms with Crippen LogP contribution in [0.1, 0.15) is 105 Å². The summed E-state index contributed by atoms with van der Waals surface area (Å²) in [5, 5.41) is 5.43. The van der Waals surface area contributed by atoms with E-state index in [0.29, 0.717) is 45.5 Å². The van der Waals surface area contributed by atoms with Gasteiger partial charge in [0.15, 0.2) is 5.67 Å². The fraction of sp³-hybridized carbons (Fsp3) is 0.636. The Morgan fingerprint density at radius 1 is 1.07 bits per heavy atom. The maximum atomic E-state index is 16.8. The van der Waals surface area contributed by atoms with Crippen molar-refractivity contribution < 1.29 is 42.6 Å². The predicted octanol–water partition coefficient (Wildman–Crippen LogP) is 5.29. The number of benzene rings is 1. The standard InChI is InChI=1S/C55H78FN9O8/c1-13-64-44-19-18-37-30-40(44)41(48(64)39-16-14-24-57-46(39)36(4)71-12)32-53(5,6)34-73-51(69)42-17-15-25-65(59-42)50(68)43(31-38-33-63(37)28-29-72-38)58-49(67)47(35(2)3)61(11)52(70)55(56)22-26-62(27-23-55)45(66)20-21-54(7,8)60(9)10/h14,16,18-19,24,30,35-36,38,42-43,47,59H,13,15,17,22-23,25-29,31-34H2,1-12H3,(H,58,67)/t36-,38?,42-,43-,47-/m0/s1. The monoisotopic (exact) mass is 1010 g/mol. The van der Waals surface area contributed by atoms with Crippen molar-refractivity contribution in [2.75, 3.05) is 79.1 Å². The Labute approximate surface area is 430 Å². The molecule has 6 heterocycles. The molecule has 2 aromatic heterocycles. The van der Waals surface area contributed by atoms with Crippen LogP contribution in [0.15, 0.2) is 36.5 Å². The Morgan fingerprint density at radius 3 is 2.47 bits per heavy atom. The molecule has 18 heteroatoms. The number of halogens is 1. The number of anilines is 1. The van der Waals surface area contributed by atoms with Gasteiger partial charge in [0.1, 0.15) is 18.1 Å². The minimum absolute atomic E-state index is 0.0172. The minimum Gasteiger partial charge on any atom is -0.464 e. The molecule has 5 atom stereocenters. The van der Waals surface area contributed by atoms with Gasteiger partial charge in [-0.3, -0.25) is 38.9 Å². The van der Waals surface area contributed by atoms with E-state index < -0.39 is 76.4 Å². The zero-order chi connectivity index (χ0) is 53.2. The lowest BCUT2D eigenvalue weighted by atomic mass is 9.84. The maximum Gasteiger partial charge on any atom is 0.324 e. The van der Waals surface area contributed by atoms with Crippen molar-refractivity contribution in [3.8, 4) is 23.1 Å². The Kier molecular flexibility index (Phi) is 17.0. The summed E-state index contributed by atoms with van der Waals surface area (Å²) in [4.78, 5) is 82.2. The van der Waals surface area contributed by atoms with Crippen LogP contribution in [0.25, 0.3) is 22.2 Å². The number of morpholine rings is 1. The third-order valence-corrected chi connectivity index (χ3v) is 15.4. The summed E-state index contributed by atoms with van der Waals surface area (Å²) in [6.45, 7) is 18.0. The number of fused-ring (bicyclic) bond motifs is 6. The summed E-state index contributed by atoms with van der Waals surface area (Å²) in [6, 6.07) is 7.37. The van der Waals surface area contributed by atoms with Crippen molar-refractivity contribution in [1.82, 2.24) is 40.0 Å². The highest BCUT2D eigenvalue weighted by atomic mass is 19.1. The molecule has 1 unspecified atom stereocenters. The number of aromatic nitrogens is 2. The highest BCUT2D eigenvalue weighted by molar-refractivity contribution is 5.97. The molecule has 0 aliphatic carbocycles. The van der Waals surface area contributed by atoms with E-state index in [4.69, 9.17) is 19.2 Å². The quantitative estimate of drug-likeness (QED) is 0.199. The summed E-state index contributed by atoms with van der Waals surface area (Å²) >= 11 is 0. The van der Waals surface area contributed by atoms with E-state index in [1.54, 1.807) is 27.2 Å². The third kappa shape index (κ3) is 12.0. The van der Waals surface area contributed by atoms with E-state index >= 15 is 4.39 Å². The van der Waals surface area contributed by atoms with E-state index in [9.17, 15) is 24.0 Å². The number of hydrogen-bond donors (Lipinski definition) is 2. The van der Waals surface area contributed by atoms with Gasteiger partial charge in [-0.15, -0.1) is 0 Å². The van der Waals surface area contributed by atoms with Gasteiger partial charge in [-0.05, 0) is 109 Å². The first kappa shape index (κ1) is 55.1. The SMILES string of the molecule is CCn1c(-c2cccnc2[C@H](C)OC)c2c3cc(ccc31)N1CCOC(C[C@H](NC(=O)[C@H](C(C)C)N(C)C(=O)C3(F)CCN(C(=O)C#CC(C)(C)N(C)C)CC3)C(=O)N3CCC[C@H](N3)C(=O)OCC(C)(C)C2)C1. The van der Waals surface area contributed by atoms with Crippen molar-refractivity contribution in [1.29, 1.82) is 0 Å². The number of aryl methyl sites for hydroxylation is 1. The number of nitrogens with one attached hydrogen (secondary N) is 2. The van der Waals surface area contributed by atoms with Gasteiger partial charge in [-0.1, -0.05) is 33.6 Å². The summed E-state index contributed by atoms with van der Waals surface area (Å²) in [5.41, 5.74) is 5.66. The molecule has 2 N–H and O–H groups in total. The van der Waals surface area contributed by atoms with Crippen molar-refractivity contribution in [2.45, 2.75) is 142 Å². The lowest BCUT2D eigenvalue weighted by molar-refractivity contribution is -0.156. The molecule has 3 fully saturated rings. The molecule has 3 aromatic rings. The number of hydrazine groups is 1. The molecule has 0 radical (unpaired) electrons. The number of hydrogen-bond acceptors (Lipinski definition) is 12. The number of esters is 1. The molecule has 398 valence electrons. The second kappa shape index (κ2) is 22.5. The van der Waals surface area contributed by atoms with Crippen molar-refractivity contribution in [3.63, 3.8) is 0 Å². The number of carbonyl (C=O) groups is 5. The molecular weight excluding hydrogens is 934 g/mol. The van der Waals surface area contributed by atoms with Crippen LogP contribution in [0.3, 0.4) is 0 Å². The highest BCUT2D eigenvalue weighted by Gasteiger charge is 2.48. The first-order valence-electron chi connectivity index (χ1n) is 26.0. The van der Waals surface area contributed by atoms with Gasteiger partial charge < -0.3 is 38.8 Å². The first-order chi connectivity index (χ1) is 34.5. The first-order valence-corrected chi connectivity index (χ1v) is 26.0. The molecule has 1 aromatic carbocycles. The molecular formula is C55H78FN9O8. The molecule has 4 aliphatic rings. The van der Waals surface area contributed by atoms with Crippen molar-refractivity contribution in [2.24, 2.45) is 11.3 Å². The van der Waals surface area contributed by atoms with Crippen LogP contribution in [0.5, 0.6) is 0 Å². The smallest absolute Gasteiger partial charge is 0.324 e. The Balaban J connectivity index is 1.18. The van der Waals surface area contributed by atoms with Crippen LogP contribution < -0.4 is 15.6 Å². The Hall–Kier alpha value is -5.61. The molecule has 0 saturated carbocycles. The predicted molar refractivity (Wildman–Crippen MR) is 278 cm³/mol. The number of amides is 4. The van der Waals surface area contributed by atoms with Crippen LogP contribution in [0.4, 0.5) is 10.1 Å². The van der Waals surface area contributed by atoms with Gasteiger partial charge in [0.05, 0.1) is 42.3 Å². The normalized spacial score (nSPS) is 22.5. The summed E-state index contributed by atoms with van der Waals surface area (Å²) in [6.07, 6.45) is 2.04. The lowest BCUT2D eigenvalue weighted by Crippen LogP contribution is -2.63. The van der Waals surface area contributed by atoms with Gasteiger partial charge in [0.2, 0.25) is 5.91 Å². The van der Waals surface area contributed by atoms with Crippen LogP contribution in [0.2, 0.25) is 0 Å². The number of carbonyl (C=O) groups excluding carboxylic acids is 5. The largest absolute Gasteiger partial charge is 0.464 e. The van der Waals surface area contributed by atoms with E-state index in [1.165, 1.54) is 17.0 Å². The van der Waals surface area contributed by atoms with E-state index in [-0.39, 0.29) is 51.6 Å². The molecule has 6 bridgehead atoms. The number of likely N-dealkylation sites (tertiary alicyclic amines) is 1. The molecule has 73 heavy (non-hydrogen) atoms. The average Bonchev–Trinajstić information content (AvgIpc) is 3.67. The van der Waals surface area contributed by atoms with E-state index in [0.717, 1.165) is 44.0 Å². The topological polar surface area (TPSA) is 171 Å². The number of alkyl halides is 1. The van der Waals surface area contributed by atoms with E-state index in [2.05, 4.69) is 77.1 Å². The fourth-order valence-corrected chi connectivity index (χ4v) is 10.6. The lowest BCUT2D eigenvalue weighted by Gasteiger charge is -2.41. The van der Waals surface area contributed by atoms with E-state index in [1.807, 2.05) is 45.8 Å². The van der Waals surface area contributed by atoms with Crippen molar-refractivity contribution >= 4 is 46.2 Å². The molecule has 4 amide bonds. The second-order valence-corrected chi connectivity index (χ2v) is 22.2. The number of nitrogens with zero attached hydrogens (tertiary/aromatic N) is 7.